The topological polar surface area (TPSA) is 60.3 Å². The Balaban J connectivity index is 2.04. The molecule has 1 heterocycles. The summed E-state index contributed by atoms with van der Waals surface area (Å²) in [7, 11) is 1.31. The van der Waals surface area contributed by atoms with Crippen LogP contribution < -0.4 is 5.32 Å². The van der Waals surface area contributed by atoms with Crippen LogP contribution in [0, 0.1) is 0 Å². The average molecular weight is 250 g/mol. The van der Waals surface area contributed by atoms with E-state index in [0.29, 0.717) is 11.7 Å². The van der Waals surface area contributed by atoms with Gasteiger partial charge in [-0.15, -0.1) is 0 Å². The molecule has 0 saturated heterocycles. The fourth-order valence-corrected chi connectivity index (χ4v) is 2.08. The van der Waals surface area contributed by atoms with Crippen LogP contribution in [-0.2, 0) is 9.53 Å². The van der Waals surface area contributed by atoms with Crippen molar-refractivity contribution >= 4 is 11.9 Å². The summed E-state index contributed by atoms with van der Waals surface area (Å²) in [6, 6.07) is 3.43. The molecule has 1 saturated carbocycles. The maximum atomic E-state index is 12.1. The first kappa shape index (κ1) is 12.7. The van der Waals surface area contributed by atoms with E-state index in [4.69, 9.17) is 0 Å². The second-order valence-electron chi connectivity index (χ2n) is 4.60. The lowest BCUT2D eigenvalue weighted by Gasteiger charge is -2.28. The summed E-state index contributed by atoms with van der Waals surface area (Å²) in [4.78, 5) is 23.3. The van der Waals surface area contributed by atoms with Crippen molar-refractivity contribution in [2.75, 3.05) is 7.11 Å². The fourth-order valence-electron chi connectivity index (χ4n) is 2.08. The van der Waals surface area contributed by atoms with Gasteiger partial charge in [-0.05, 0) is 38.3 Å². The van der Waals surface area contributed by atoms with E-state index in [1.807, 2.05) is 16.8 Å². The summed E-state index contributed by atoms with van der Waals surface area (Å²) < 4.78 is 6.57. The van der Waals surface area contributed by atoms with Crippen LogP contribution in [0.1, 0.15) is 42.7 Å². The Hall–Kier alpha value is -1.78. The first-order chi connectivity index (χ1) is 8.63. The molecule has 0 aliphatic heterocycles. The Labute approximate surface area is 106 Å². The number of methoxy groups -OCH3 is 1. The number of nitrogens with one attached hydrogen (secondary N) is 1. The summed E-state index contributed by atoms with van der Waals surface area (Å²) in [5.74, 6) is -0.671. The van der Waals surface area contributed by atoms with Gasteiger partial charge in [-0.1, -0.05) is 0 Å². The summed E-state index contributed by atoms with van der Waals surface area (Å²) in [6.07, 6.45) is 5.35. The van der Waals surface area contributed by atoms with Gasteiger partial charge < -0.3 is 14.6 Å². The Bertz CT molecular complexity index is 449. The number of ether oxygens (including phenoxy) is 1. The molecule has 1 atom stereocenters. The lowest BCUT2D eigenvalue weighted by Crippen LogP contribution is -2.40. The van der Waals surface area contributed by atoms with Gasteiger partial charge in [0.15, 0.2) is 0 Å². The van der Waals surface area contributed by atoms with E-state index < -0.39 is 12.0 Å². The van der Waals surface area contributed by atoms with E-state index in [1.54, 1.807) is 13.0 Å². The van der Waals surface area contributed by atoms with Crippen LogP contribution in [0.15, 0.2) is 18.3 Å². The maximum absolute atomic E-state index is 12.1. The largest absolute Gasteiger partial charge is 0.467 e. The number of nitrogens with zero attached hydrogens (tertiary/aromatic N) is 1. The second kappa shape index (κ2) is 5.25. The lowest BCUT2D eigenvalue weighted by molar-refractivity contribution is -0.142. The van der Waals surface area contributed by atoms with Gasteiger partial charge in [0.25, 0.3) is 5.91 Å². The molecule has 2 rings (SSSR count). The van der Waals surface area contributed by atoms with Crippen LogP contribution >= 0.6 is 0 Å². The molecule has 0 bridgehead atoms. The predicted octanol–water partition coefficient (Wildman–Crippen LogP) is 1.50. The van der Waals surface area contributed by atoms with Crippen LogP contribution in [0.5, 0.6) is 0 Å². The highest BCUT2D eigenvalue weighted by atomic mass is 16.5. The number of hydrogen-bond acceptors (Lipinski definition) is 3. The van der Waals surface area contributed by atoms with E-state index in [-0.39, 0.29) is 5.91 Å². The fraction of sp³-hybridized carbons (Fsp3) is 0.538. The third-order valence-electron chi connectivity index (χ3n) is 3.38. The van der Waals surface area contributed by atoms with Gasteiger partial charge in [0.1, 0.15) is 11.7 Å². The number of carbonyl (C=O) groups is 2. The van der Waals surface area contributed by atoms with Crippen LogP contribution in [0.3, 0.4) is 0 Å². The molecule has 5 nitrogen and oxygen atoms in total. The van der Waals surface area contributed by atoms with Gasteiger partial charge in [-0.25, -0.2) is 4.79 Å². The lowest BCUT2D eigenvalue weighted by atomic mass is 9.93. The third kappa shape index (κ3) is 2.39. The molecule has 1 aromatic rings. The molecular weight excluding hydrogens is 232 g/mol. The molecule has 98 valence electrons. The van der Waals surface area contributed by atoms with Crippen LogP contribution in [0.25, 0.3) is 0 Å². The molecule has 1 fully saturated rings. The van der Waals surface area contributed by atoms with Gasteiger partial charge >= 0.3 is 5.97 Å². The SMILES string of the molecule is COC(=O)[C@H](C)NC(=O)c1cccn1C1CCC1. The maximum Gasteiger partial charge on any atom is 0.328 e. The van der Waals surface area contributed by atoms with Crippen molar-refractivity contribution < 1.29 is 14.3 Å². The van der Waals surface area contributed by atoms with Gasteiger partial charge in [0.2, 0.25) is 0 Å². The van der Waals surface area contributed by atoms with E-state index in [1.165, 1.54) is 13.5 Å². The molecule has 1 aliphatic rings. The number of rotatable bonds is 4. The number of carbonyl (C=O) groups excluding carboxylic acids is 2. The standard InChI is InChI=1S/C13H18N2O3/c1-9(13(17)18-2)14-12(16)11-7-4-8-15(11)10-5-3-6-10/h4,7-10H,3,5-6H2,1-2H3,(H,14,16)/t9-/m0/s1. The van der Waals surface area contributed by atoms with Gasteiger partial charge in [-0.3, -0.25) is 4.79 Å². The van der Waals surface area contributed by atoms with Crippen LogP contribution in [-0.4, -0.2) is 29.6 Å². The monoisotopic (exact) mass is 250 g/mol. The first-order valence-corrected chi connectivity index (χ1v) is 6.19. The number of hydrogen-bond donors (Lipinski definition) is 1. The van der Waals surface area contributed by atoms with Crippen molar-refractivity contribution in [1.82, 2.24) is 9.88 Å². The van der Waals surface area contributed by atoms with E-state index in [9.17, 15) is 9.59 Å². The van der Waals surface area contributed by atoms with Gasteiger partial charge in [0.05, 0.1) is 7.11 Å². The Morgan fingerprint density at radius 1 is 1.50 bits per heavy atom. The van der Waals surface area contributed by atoms with E-state index >= 15 is 0 Å². The highest BCUT2D eigenvalue weighted by Crippen LogP contribution is 2.32. The van der Waals surface area contributed by atoms with Gasteiger partial charge in [-0.2, -0.15) is 0 Å². The third-order valence-corrected chi connectivity index (χ3v) is 3.38. The zero-order valence-electron chi connectivity index (χ0n) is 10.7. The molecule has 0 unspecified atom stereocenters. The van der Waals surface area contributed by atoms with Crippen molar-refractivity contribution in [3.05, 3.63) is 24.0 Å². The molecule has 1 N–H and O–H groups in total. The van der Waals surface area contributed by atoms with Crippen LogP contribution in [0.2, 0.25) is 0 Å². The summed E-state index contributed by atoms with van der Waals surface area (Å²) in [5, 5.41) is 2.64. The van der Waals surface area contributed by atoms with Crippen molar-refractivity contribution in [1.29, 1.82) is 0 Å². The minimum atomic E-state index is -0.632. The molecular formula is C13H18N2O3. The molecule has 18 heavy (non-hydrogen) atoms. The zero-order chi connectivity index (χ0) is 13.1. The predicted molar refractivity (Wildman–Crippen MR) is 66.3 cm³/mol. The molecule has 0 aromatic carbocycles. The van der Waals surface area contributed by atoms with Crippen LogP contribution in [0.4, 0.5) is 0 Å². The molecule has 5 heteroatoms. The van der Waals surface area contributed by atoms with Crippen molar-refractivity contribution in [2.45, 2.75) is 38.3 Å². The minimum absolute atomic E-state index is 0.232. The molecule has 0 radical (unpaired) electrons. The Kier molecular flexibility index (Phi) is 3.69. The number of esters is 1. The minimum Gasteiger partial charge on any atom is -0.467 e. The van der Waals surface area contributed by atoms with E-state index in [2.05, 4.69) is 10.1 Å². The molecule has 1 aromatic heterocycles. The summed E-state index contributed by atoms with van der Waals surface area (Å²) in [5.41, 5.74) is 0.607. The van der Waals surface area contributed by atoms with Crippen molar-refractivity contribution in [3.63, 3.8) is 0 Å². The first-order valence-electron chi connectivity index (χ1n) is 6.19. The second-order valence-corrected chi connectivity index (χ2v) is 4.60. The quantitative estimate of drug-likeness (QED) is 0.824. The Morgan fingerprint density at radius 2 is 2.22 bits per heavy atom. The summed E-state index contributed by atoms with van der Waals surface area (Å²) in [6.45, 7) is 1.61. The average Bonchev–Trinajstić information content (AvgIpc) is 2.74. The Morgan fingerprint density at radius 3 is 2.78 bits per heavy atom. The smallest absolute Gasteiger partial charge is 0.328 e. The normalized spacial score (nSPS) is 16.8. The van der Waals surface area contributed by atoms with Crippen molar-refractivity contribution in [3.8, 4) is 0 Å². The number of amides is 1. The van der Waals surface area contributed by atoms with E-state index in [0.717, 1.165) is 12.8 Å². The highest BCUT2D eigenvalue weighted by molar-refractivity contribution is 5.95. The zero-order valence-corrected chi connectivity index (χ0v) is 10.7. The highest BCUT2D eigenvalue weighted by Gasteiger charge is 2.24. The molecule has 0 spiro atoms. The summed E-state index contributed by atoms with van der Waals surface area (Å²) >= 11 is 0. The molecule has 1 aliphatic carbocycles. The van der Waals surface area contributed by atoms with Gasteiger partial charge in [0, 0.05) is 12.2 Å². The van der Waals surface area contributed by atoms with Crippen molar-refractivity contribution in [2.24, 2.45) is 0 Å². The number of aromatic nitrogens is 1. The molecule has 1 amide bonds.